The van der Waals surface area contributed by atoms with Crippen LogP contribution in [0.4, 0.5) is 0 Å². The third-order valence-electron chi connectivity index (χ3n) is 2.91. The first-order chi connectivity index (χ1) is 7.88. The molecule has 0 spiro atoms. The molecule has 1 amide bonds. The third kappa shape index (κ3) is 2.75. The highest BCUT2D eigenvalue weighted by molar-refractivity contribution is 5.87. The van der Waals surface area contributed by atoms with Crippen molar-refractivity contribution in [3.8, 4) is 0 Å². The Morgan fingerprint density at radius 1 is 1.53 bits per heavy atom. The maximum absolute atomic E-state index is 11.6. The van der Waals surface area contributed by atoms with Crippen LogP contribution in [0.2, 0.25) is 0 Å². The second kappa shape index (κ2) is 5.17. The van der Waals surface area contributed by atoms with Gasteiger partial charge in [0.15, 0.2) is 0 Å². The number of aryl methyl sites for hydroxylation is 1. The summed E-state index contributed by atoms with van der Waals surface area (Å²) in [6.07, 6.45) is 1.33. The maximum atomic E-state index is 11.6. The number of nitrogens with zero attached hydrogens (tertiary/aromatic N) is 3. The molecule has 1 aromatic heterocycles. The van der Waals surface area contributed by atoms with E-state index in [2.05, 4.69) is 25.5 Å². The molecule has 0 aliphatic carbocycles. The van der Waals surface area contributed by atoms with Gasteiger partial charge in [-0.2, -0.15) is 5.10 Å². The molecule has 17 heavy (non-hydrogen) atoms. The molecule has 0 radical (unpaired) electrons. The smallest absolute Gasteiger partial charge is 0.246 e. The van der Waals surface area contributed by atoms with Crippen molar-refractivity contribution in [3.63, 3.8) is 0 Å². The van der Waals surface area contributed by atoms with Crippen LogP contribution in [0, 0.1) is 6.92 Å². The lowest BCUT2D eigenvalue weighted by molar-refractivity contribution is -0.126. The van der Waals surface area contributed by atoms with Gasteiger partial charge in [0, 0.05) is 13.1 Å². The normalized spacial score (nSPS) is 12.6. The number of aromatic nitrogens is 2. The van der Waals surface area contributed by atoms with E-state index < -0.39 is 0 Å². The van der Waals surface area contributed by atoms with Gasteiger partial charge < -0.3 is 4.90 Å². The van der Waals surface area contributed by atoms with Gasteiger partial charge in [-0.15, -0.1) is 0 Å². The Morgan fingerprint density at radius 2 is 2.12 bits per heavy atom. The molecular weight excluding hydrogens is 214 g/mol. The number of likely N-dealkylation sites (N-methyl/N-ethyl adjacent to an activating group) is 1. The van der Waals surface area contributed by atoms with Crippen LogP contribution in [0.1, 0.15) is 44.2 Å². The Bertz CT molecular complexity index is 420. The zero-order valence-corrected chi connectivity index (χ0v) is 11.3. The van der Waals surface area contributed by atoms with Crippen molar-refractivity contribution in [3.05, 3.63) is 30.1 Å². The van der Waals surface area contributed by atoms with Crippen molar-refractivity contribution in [2.45, 2.75) is 39.8 Å². The van der Waals surface area contributed by atoms with Gasteiger partial charge in [0.1, 0.15) is 0 Å². The lowest BCUT2D eigenvalue weighted by Crippen LogP contribution is -2.29. The predicted octanol–water partition coefficient (Wildman–Crippen LogP) is 2.48. The lowest BCUT2D eigenvalue weighted by atomic mass is 10.2. The van der Waals surface area contributed by atoms with Gasteiger partial charge in [0.25, 0.3) is 0 Å². The molecule has 0 N–H and O–H groups in total. The fraction of sp³-hybridized carbons (Fsp3) is 0.538. The number of rotatable bonds is 4. The monoisotopic (exact) mass is 235 g/mol. The fourth-order valence-electron chi connectivity index (χ4n) is 1.80. The molecular formula is C13H21N3O. The summed E-state index contributed by atoms with van der Waals surface area (Å²) in [7, 11) is 1.78. The highest BCUT2D eigenvalue weighted by Crippen LogP contribution is 2.22. The van der Waals surface area contributed by atoms with E-state index in [9.17, 15) is 4.79 Å². The summed E-state index contributed by atoms with van der Waals surface area (Å²) in [5, 5.41) is 4.45. The van der Waals surface area contributed by atoms with Crippen LogP contribution in [0.15, 0.2) is 18.7 Å². The summed E-state index contributed by atoms with van der Waals surface area (Å²) in [6.45, 7) is 11.6. The Labute approximate surface area is 103 Å². The van der Waals surface area contributed by atoms with Gasteiger partial charge in [-0.1, -0.05) is 6.58 Å². The fourth-order valence-corrected chi connectivity index (χ4v) is 1.80. The number of hydrogen-bond donors (Lipinski definition) is 0. The largest absolute Gasteiger partial charge is 0.334 e. The summed E-state index contributed by atoms with van der Waals surface area (Å²) in [6, 6.07) is 2.30. The zero-order chi connectivity index (χ0) is 13.2. The summed E-state index contributed by atoms with van der Waals surface area (Å²) in [4.78, 5) is 13.3. The second-order valence-electron chi connectivity index (χ2n) is 4.58. The van der Waals surface area contributed by atoms with E-state index >= 15 is 0 Å². The molecule has 1 heterocycles. The molecule has 0 saturated carbocycles. The van der Waals surface area contributed by atoms with E-state index in [-0.39, 0.29) is 18.0 Å². The minimum Gasteiger partial charge on any atom is -0.334 e. The molecule has 4 heteroatoms. The molecule has 1 unspecified atom stereocenters. The topological polar surface area (TPSA) is 38.1 Å². The molecule has 0 bridgehead atoms. The van der Waals surface area contributed by atoms with E-state index in [1.807, 2.05) is 24.6 Å². The molecule has 4 nitrogen and oxygen atoms in total. The van der Waals surface area contributed by atoms with Gasteiger partial charge in [-0.05, 0) is 39.8 Å². The SMILES string of the molecule is C=CC(=O)N(C)C(C)c1cc(C)nn1C(C)C. The maximum Gasteiger partial charge on any atom is 0.246 e. The molecule has 1 atom stereocenters. The van der Waals surface area contributed by atoms with Crippen LogP contribution < -0.4 is 0 Å². The van der Waals surface area contributed by atoms with Crippen LogP contribution >= 0.6 is 0 Å². The van der Waals surface area contributed by atoms with Crippen LogP contribution in [0.3, 0.4) is 0 Å². The summed E-state index contributed by atoms with van der Waals surface area (Å²) < 4.78 is 1.97. The van der Waals surface area contributed by atoms with Gasteiger partial charge >= 0.3 is 0 Å². The van der Waals surface area contributed by atoms with Crippen molar-refractivity contribution < 1.29 is 4.79 Å². The van der Waals surface area contributed by atoms with Gasteiger partial charge in [0.2, 0.25) is 5.91 Å². The van der Waals surface area contributed by atoms with Crippen molar-refractivity contribution >= 4 is 5.91 Å². The predicted molar refractivity (Wildman–Crippen MR) is 68.7 cm³/mol. The summed E-state index contributed by atoms with van der Waals surface area (Å²) in [5.74, 6) is -0.0772. The van der Waals surface area contributed by atoms with Crippen LogP contribution in [0.5, 0.6) is 0 Å². The van der Waals surface area contributed by atoms with E-state index in [0.717, 1.165) is 11.4 Å². The van der Waals surface area contributed by atoms with Gasteiger partial charge in [-0.25, -0.2) is 0 Å². The number of carbonyl (C=O) groups is 1. The summed E-state index contributed by atoms with van der Waals surface area (Å²) in [5.41, 5.74) is 2.02. The Kier molecular flexibility index (Phi) is 4.10. The highest BCUT2D eigenvalue weighted by Gasteiger charge is 2.20. The van der Waals surface area contributed by atoms with E-state index in [0.29, 0.717) is 0 Å². The molecule has 0 aliphatic rings. The van der Waals surface area contributed by atoms with Crippen LogP contribution in [0.25, 0.3) is 0 Å². The van der Waals surface area contributed by atoms with E-state index in [1.165, 1.54) is 6.08 Å². The van der Waals surface area contributed by atoms with Gasteiger partial charge in [0.05, 0.1) is 17.4 Å². The standard InChI is InChI=1S/C13H21N3O/c1-7-13(17)15(6)11(5)12-8-10(4)14-16(12)9(2)3/h7-9,11H,1H2,2-6H3. The molecule has 94 valence electrons. The van der Waals surface area contributed by atoms with E-state index in [1.54, 1.807) is 11.9 Å². The molecule has 0 aliphatic heterocycles. The first kappa shape index (κ1) is 13.5. The summed E-state index contributed by atoms with van der Waals surface area (Å²) >= 11 is 0. The molecule has 1 aromatic rings. The Hall–Kier alpha value is -1.58. The molecule has 1 rings (SSSR count). The molecule has 0 saturated heterocycles. The van der Waals surface area contributed by atoms with E-state index in [4.69, 9.17) is 0 Å². The first-order valence-corrected chi connectivity index (χ1v) is 5.83. The highest BCUT2D eigenvalue weighted by atomic mass is 16.2. The molecule has 0 aromatic carbocycles. The number of amides is 1. The average Bonchev–Trinajstić information content (AvgIpc) is 2.68. The Morgan fingerprint density at radius 3 is 2.59 bits per heavy atom. The lowest BCUT2D eigenvalue weighted by Gasteiger charge is -2.25. The number of hydrogen-bond acceptors (Lipinski definition) is 2. The quantitative estimate of drug-likeness (QED) is 0.752. The first-order valence-electron chi connectivity index (χ1n) is 5.83. The van der Waals surface area contributed by atoms with Crippen molar-refractivity contribution in [1.29, 1.82) is 0 Å². The van der Waals surface area contributed by atoms with Crippen LogP contribution in [-0.4, -0.2) is 27.6 Å². The van der Waals surface area contributed by atoms with Crippen molar-refractivity contribution in [2.24, 2.45) is 0 Å². The third-order valence-corrected chi connectivity index (χ3v) is 2.91. The zero-order valence-electron chi connectivity index (χ0n) is 11.3. The number of carbonyl (C=O) groups excluding carboxylic acids is 1. The van der Waals surface area contributed by atoms with Crippen molar-refractivity contribution in [1.82, 2.24) is 14.7 Å². The second-order valence-corrected chi connectivity index (χ2v) is 4.58. The van der Waals surface area contributed by atoms with Crippen molar-refractivity contribution in [2.75, 3.05) is 7.05 Å². The Balaban J connectivity index is 3.07. The average molecular weight is 235 g/mol. The molecule has 0 fully saturated rings. The minimum atomic E-state index is -0.0772. The minimum absolute atomic E-state index is 0.0101. The van der Waals surface area contributed by atoms with Crippen LogP contribution in [-0.2, 0) is 4.79 Å². The van der Waals surface area contributed by atoms with Gasteiger partial charge in [-0.3, -0.25) is 9.48 Å².